The van der Waals surface area contributed by atoms with Gasteiger partial charge in [0.15, 0.2) is 0 Å². The summed E-state index contributed by atoms with van der Waals surface area (Å²) in [6, 6.07) is 4.01. The van der Waals surface area contributed by atoms with Gasteiger partial charge in [0, 0.05) is 11.9 Å². The lowest BCUT2D eigenvalue weighted by atomic mass is 10.2. The highest BCUT2D eigenvalue weighted by Gasteiger charge is 2.25. The van der Waals surface area contributed by atoms with Crippen LogP contribution in [0.25, 0.3) is 0 Å². The third-order valence-electron chi connectivity index (χ3n) is 3.95. The molecule has 1 saturated heterocycles. The maximum Gasteiger partial charge on any atom is 0.226 e. The standard InChI is InChI=1S/C16H21N3O2S/c1-12-18-13(11-22-12)9-16(20)17-10-14(15-5-4-8-21-15)19-6-2-3-7-19/h4-5,8,11,14H,2-3,6-7,9-10H2,1H3,(H,17,20). The number of carbonyl (C=O) groups is 1. The highest BCUT2D eigenvalue weighted by Crippen LogP contribution is 2.24. The maximum atomic E-state index is 12.1. The Kier molecular flexibility index (Phi) is 4.90. The van der Waals surface area contributed by atoms with Crippen LogP contribution in [0.1, 0.15) is 35.3 Å². The molecule has 1 N–H and O–H groups in total. The van der Waals surface area contributed by atoms with Crippen LogP contribution in [-0.2, 0) is 11.2 Å². The number of amides is 1. The smallest absolute Gasteiger partial charge is 0.226 e. The van der Waals surface area contributed by atoms with E-state index in [2.05, 4.69) is 15.2 Å². The van der Waals surface area contributed by atoms with Crippen LogP contribution in [0.4, 0.5) is 0 Å². The summed E-state index contributed by atoms with van der Waals surface area (Å²) in [5.41, 5.74) is 0.843. The summed E-state index contributed by atoms with van der Waals surface area (Å²) < 4.78 is 5.56. The van der Waals surface area contributed by atoms with Crippen LogP contribution in [-0.4, -0.2) is 35.4 Å². The first-order valence-corrected chi connectivity index (χ1v) is 8.55. The highest BCUT2D eigenvalue weighted by molar-refractivity contribution is 7.09. The van der Waals surface area contributed by atoms with Crippen molar-refractivity contribution in [2.75, 3.05) is 19.6 Å². The van der Waals surface area contributed by atoms with E-state index in [-0.39, 0.29) is 11.9 Å². The molecule has 1 amide bonds. The summed E-state index contributed by atoms with van der Waals surface area (Å²) in [6.45, 7) is 4.65. The number of nitrogens with zero attached hydrogens (tertiary/aromatic N) is 2. The molecular formula is C16H21N3O2S. The van der Waals surface area contributed by atoms with Crippen molar-refractivity contribution in [2.45, 2.75) is 32.2 Å². The number of hydrogen-bond donors (Lipinski definition) is 1. The number of hydrogen-bond acceptors (Lipinski definition) is 5. The molecule has 6 heteroatoms. The topological polar surface area (TPSA) is 58.4 Å². The number of aromatic nitrogens is 1. The fourth-order valence-electron chi connectivity index (χ4n) is 2.87. The normalized spacial score (nSPS) is 16.8. The van der Waals surface area contributed by atoms with Gasteiger partial charge in [0.05, 0.1) is 29.4 Å². The molecule has 0 spiro atoms. The minimum atomic E-state index is 0.0149. The number of aryl methyl sites for hydroxylation is 1. The van der Waals surface area contributed by atoms with Crippen LogP contribution in [0.3, 0.4) is 0 Å². The van der Waals surface area contributed by atoms with Gasteiger partial charge in [-0.3, -0.25) is 9.69 Å². The van der Waals surface area contributed by atoms with Crippen LogP contribution in [0.2, 0.25) is 0 Å². The second kappa shape index (κ2) is 7.07. The first kappa shape index (κ1) is 15.2. The fraction of sp³-hybridized carbons (Fsp3) is 0.500. The van der Waals surface area contributed by atoms with Gasteiger partial charge in [-0.1, -0.05) is 0 Å². The molecule has 2 aromatic heterocycles. The molecule has 0 radical (unpaired) electrons. The number of rotatable bonds is 6. The molecule has 1 aliphatic rings. The molecule has 0 saturated carbocycles. The van der Waals surface area contributed by atoms with Crippen molar-refractivity contribution in [3.05, 3.63) is 40.2 Å². The predicted molar refractivity (Wildman–Crippen MR) is 85.8 cm³/mol. The zero-order chi connectivity index (χ0) is 15.4. The lowest BCUT2D eigenvalue weighted by molar-refractivity contribution is -0.120. The molecule has 3 rings (SSSR count). The van der Waals surface area contributed by atoms with Gasteiger partial charge >= 0.3 is 0 Å². The molecule has 3 heterocycles. The minimum absolute atomic E-state index is 0.0149. The quantitative estimate of drug-likeness (QED) is 0.889. The van der Waals surface area contributed by atoms with Crippen LogP contribution in [0.5, 0.6) is 0 Å². The molecule has 0 aromatic carbocycles. The number of nitrogens with one attached hydrogen (secondary N) is 1. The fourth-order valence-corrected chi connectivity index (χ4v) is 3.48. The number of likely N-dealkylation sites (tertiary alicyclic amines) is 1. The Morgan fingerprint density at radius 3 is 2.95 bits per heavy atom. The Morgan fingerprint density at radius 1 is 1.50 bits per heavy atom. The van der Waals surface area contributed by atoms with Gasteiger partial charge in [-0.15, -0.1) is 11.3 Å². The van der Waals surface area contributed by atoms with E-state index in [4.69, 9.17) is 4.42 Å². The molecule has 0 bridgehead atoms. The summed E-state index contributed by atoms with van der Waals surface area (Å²) in [7, 11) is 0. The molecular weight excluding hydrogens is 298 g/mol. The van der Waals surface area contributed by atoms with Crippen LogP contribution >= 0.6 is 11.3 Å². The lowest BCUT2D eigenvalue weighted by Crippen LogP contribution is -2.37. The zero-order valence-corrected chi connectivity index (χ0v) is 13.6. The molecule has 0 aliphatic carbocycles. The largest absolute Gasteiger partial charge is 0.468 e. The van der Waals surface area contributed by atoms with Gasteiger partial charge in [-0.25, -0.2) is 4.98 Å². The molecule has 1 unspecified atom stereocenters. The second-order valence-electron chi connectivity index (χ2n) is 5.61. The zero-order valence-electron chi connectivity index (χ0n) is 12.7. The first-order valence-electron chi connectivity index (χ1n) is 7.67. The molecule has 22 heavy (non-hydrogen) atoms. The van der Waals surface area contributed by atoms with Gasteiger partial charge in [-0.2, -0.15) is 0 Å². The van der Waals surface area contributed by atoms with Gasteiger partial charge < -0.3 is 9.73 Å². The van der Waals surface area contributed by atoms with Gasteiger partial charge in [-0.05, 0) is 45.0 Å². The Morgan fingerprint density at radius 2 is 2.32 bits per heavy atom. The lowest BCUT2D eigenvalue weighted by Gasteiger charge is -2.25. The average molecular weight is 319 g/mol. The highest BCUT2D eigenvalue weighted by atomic mass is 32.1. The number of furan rings is 1. The van der Waals surface area contributed by atoms with Gasteiger partial charge in [0.2, 0.25) is 5.91 Å². The van der Waals surface area contributed by atoms with Gasteiger partial charge in [0.1, 0.15) is 5.76 Å². The predicted octanol–water partition coefficient (Wildman–Crippen LogP) is 2.54. The molecule has 118 valence electrons. The van der Waals surface area contributed by atoms with E-state index in [1.807, 2.05) is 24.4 Å². The Labute approximate surface area is 134 Å². The third-order valence-corrected chi connectivity index (χ3v) is 4.78. The van der Waals surface area contributed by atoms with Gasteiger partial charge in [0.25, 0.3) is 0 Å². The van der Waals surface area contributed by atoms with Crippen molar-refractivity contribution >= 4 is 17.2 Å². The van der Waals surface area contributed by atoms with Crippen molar-refractivity contribution in [1.29, 1.82) is 0 Å². The van der Waals surface area contributed by atoms with E-state index in [0.29, 0.717) is 13.0 Å². The Bertz CT molecular complexity index is 603. The summed E-state index contributed by atoms with van der Waals surface area (Å²) in [6.07, 6.45) is 4.46. The average Bonchev–Trinajstić information content (AvgIpc) is 3.22. The summed E-state index contributed by atoms with van der Waals surface area (Å²) in [5.74, 6) is 0.938. The first-order chi connectivity index (χ1) is 10.7. The van der Waals surface area contributed by atoms with Crippen molar-refractivity contribution in [3.8, 4) is 0 Å². The second-order valence-corrected chi connectivity index (χ2v) is 6.68. The molecule has 1 fully saturated rings. The van der Waals surface area contributed by atoms with Crippen molar-refractivity contribution in [3.63, 3.8) is 0 Å². The van der Waals surface area contributed by atoms with E-state index in [0.717, 1.165) is 29.6 Å². The maximum absolute atomic E-state index is 12.1. The Balaban J connectivity index is 1.57. The number of thiazole rings is 1. The molecule has 1 atom stereocenters. The number of carbonyl (C=O) groups excluding carboxylic acids is 1. The SMILES string of the molecule is Cc1nc(CC(=O)NCC(c2ccco2)N2CCCC2)cs1. The van der Waals surface area contributed by atoms with E-state index in [9.17, 15) is 4.79 Å². The molecule has 2 aromatic rings. The molecule has 5 nitrogen and oxygen atoms in total. The summed E-state index contributed by atoms with van der Waals surface area (Å²) >= 11 is 1.57. The van der Waals surface area contributed by atoms with E-state index in [1.54, 1.807) is 17.6 Å². The van der Waals surface area contributed by atoms with Crippen molar-refractivity contribution in [1.82, 2.24) is 15.2 Å². The van der Waals surface area contributed by atoms with Crippen LogP contribution < -0.4 is 5.32 Å². The van der Waals surface area contributed by atoms with Crippen LogP contribution in [0.15, 0.2) is 28.2 Å². The van der Waals surface area contributed by atoms with Crippen molar-refractivity contribution in [2.24, 2.45) is 0 Å². The Hall–Kier alpha value is -1.66. The van der Waals surface area contributed by atoms with E-state index >= 15 is 0 Å². The monoisotopic (exact) mass is 319 g/mol. The molecule has 1 aliphatic heterocycles. The van der Waals surface area contributed by atoms with E-state index in [1.165, 1.54) is 12.8 Å². The van der Waals surface area contributed by atoms with Crippen molar-refractivity contribution < 1.29 is 9.21 Å². The summed E-state index contributed by atoms with van der Waals surface area (Å²) in [5, 5.41) is 5.97. The third kappa shape index (κ3) is 3.75. The van der Waals surface area contributed by atoms with E-state index < -0.39 is 0 Å². The van der Waals surface area contributed by atoms with Crippen LogP contribution in [0, 0.1) is 6.92 Å². The summed E-state index contributed by atoms with van der Waals surface area (Å²) in [4.78, 5) is 18.8. The minimum Gasteiger partial charge on any atom is -0.468 e.